The van der Waals surface area contributed by atoms with Crippen LogP contribution in [0.15, 0.2) is 21.6 Å². The van der Waals surface area contributed by atoms with Gasteiger partial charge in [-0.25, -0.2) is 4.98 Å². The minimum absolute atomic E-state index is 0.407. The van der Waals surface area contributed by atoms with E-state index in [0.717, 1.165) is 19.9 Å². The number of nitrogens with zero attached hydrogens (tertiary/aromatic N) is 3. The molecular formula is C9H9ClN4S2. The lowest BCUT2D eigenvalue weighted by atomic mass is 10.3. The van der Waals surface area contributed by atoms with Gasteiger partial charge < -0.3 is 5.73 Å². The highest BCUT2D eigenvalue weighted by molar-refractivity contribution is 8.01. The lowest BCUT2D eigenvalue weighted by molar-refractivity contribution is 0.976. The topological polar surface area (TPSA) is 64.7 Å². The first-order chi connectivity index (χ1) is 7.70. The van der Waals surface area contributed by atoms with Crippen LogP contribution in [0.5, 0.6) is 0 Å². The lowest BCUT2D eigenvalue weighted by Gasteiger charge is -2.04. The van der Waals surface area contributed by atoms with Crippen LogP contribution >= 0.6 is 34.7 Å². The summed E-state index contributed by atoms with van der Waals surface area (Å²) in [6.45, 7) is 2.32. The van der Waals surface area contributed by atoms with Crippen molar-refractivity contribution in [1.29, 1.82) is 0 Å². The molecule has 0 fully saturated rings. The maximum atomic E-state index is 6.16. The molecule has 0 bridgehead atoms. The van der Waals surface area contributed by atoms with E-state index in [1.165, 1.54) is 23.1 Å². The Balaban J connectivity index is 2.28. The summed E-state index contributed by atoms with van der Waals surface area (Å²) in [6.07, 6.45) is 1.70. The molecule has 7 heteroatoms. The largest absolute Gasteiger partial charge is 0.326 e. The molecule has 0 saturated heterocycles. The molecule has 0 amide bonds. The summed E-state index contributed by atoms with van der Waals surface area (Å²) in [5.74, 6) is 0. The van der Waals surface area contributed by atoms with E-state index in [1.807, 2.05) is 13.0 Å². The van der Waals surface area contributed by atoms with Crippen molar-refractivity contribution in [3.8, 4) is 0 Å². The minimum atomic E-state index is 0.407. The normalized spacial score (nSPS) is 10.7. The average Bonchev–Trinajstić information content (AvgIpc) is 2.67. The third-order valence-corrected chi connectivity index (χ3v) is 4.27. The Hall–Kier alpha value is -0.690. The van der Waals surface area contributed by atoms with Gasteiger partial charge in [-0.2, -0.15) is 0 Å². The van der Waals surface area contributed by atoms with Crippen LogP contribution < -0.4 is 5.73 Å². The molecule has 0 aliphatic rings. The van der Waals surface area contributed by atoms with E-state index in [1.54, 1.807) is 6.20 Å². The maximum absolute atomic E-state index is 6.16. The second-order valence-electron chi connectivity index (χ2n) is 2.98. The Morgan fingerprint density at radius 1 is 1.50 bits per heavy atom. The van der Waals surface area contributed by atoms with Crippen molar-refractivity contribution >= 4 is 34.7 Å². The number of aromatic nitrogens is 3. The molecule has 0 atom stereocenters. The fourth-order valence-electron chi connectivity index (χ4n) is 1.09. The van der Waals surface area contributed by atoms with Crippen LogP contribution in [0, 0.1) is 6.92 Å². The van der Waals surface area contributed by atoms with E-state index < -0.39 is 0 Å². The van der Waals surface area contributed by atoms with Gasteiger partial charge in [0.25, 0.3) is 0 Å². The lowest BCUT2D eigenvalue weighted by Crippen LogP contribution is -1.98. The van der Waals surface area contributed by atoms with E-state index in [0.29, 0.717) is 11.6 Å². The number of halogens is 1. The molecule has 2 N–H and O–H groups in total. The summed E-state index contributed by atoms with van der Waals surface area (Å²) in [4.78, 5) is 4.21. The van der Waals surface area contributed by atoms with E-state index >= 15 is 0 Å². The van der Waals surface area contributed by atoms with Crippen LogP contribution in [0.4, 0.5) is 0 Å². The second-order valence-corrected chi connectivity index (χ2v) is 5.78. The van der Waals surface area contributed by atoms with Crippen molar-refractivity contribution in [3.63, 3.8) is 0 Å². The third kappa shape index (κ3) is 2.52. The summed E-state index contributed by atoms with van der Waals surface area (Å²) in [5, 5.41) is 10.2. The first-order valence-electron chi connectivity index (χ1n) is 4.52. The molecular weight excluding hydrogens is 264 g/mol. The molecule has 2 rings (SSSR count). The standard InChI is InChI=1S/C9H9ClN4S2/c1-5-13-14-9(15-5)16-8-7(10)6(4-11)2-3-12-8/h2-3H,4,11H2,1H3. The highest BCUT2D eigenvalue weighted by Gasteiger charge is 2.10. The van der Waals surface area contributed by atoms with Crippen LogP contribution in [0.2, 0.25) is 5.02 Å². The van der Waals surface area contributed by atoms with Crippen molar-refractivity contribution in [2.45, 2.75) is 22.8 Å². The van der Waals surface area contributed by atoms with Gasteiger partial charge in [0.1, 0.15) is 10.0 Å². The average molecular weight is 273 g/mol. The quantitative estimate of drug-likeness (QED) is 0.930. The molecule has 0 aliphatic heterocycles. The number of hydrogen-bond donors (Lipinski definition) is 1. The molecule has 2 aromatic heterocycles. The molecule has 2 heterocycles. The Morgan fingerprint density at radius 2 is 2.31 bits per heavy atom. The Kier molecular flexibility index (Phi) is 3.75. The van der Waals surface area contributed by atoms with Crippen LogP contribution in [0.25, 0.3) is 0 Å². The van der Waals surface area contributed by atoms with Gasteiger partial charge in [-0.05, 0) is 30.3 Å². The maximum Gasteiger partial charge on any atom is 0.180 e. The van der Waals surface area contributed by atoms with Crippen molar-refractivity contribution in [2.24, 2.45) is 5.73 Å². The second kappa shape index (κ2) is 5.09. The molecule has 2 aromatic rings. The zero-order valence-corrected chi connectivity index (χ0v) is 10.9. The van der Waals surface area contributed by atoms with E-state index in [-0.39, 0.29) is 0 Å². The molecule has 84 valence electrons. The fourth-order valence-corrected chi connectivity index (χ4v) is 3.16. The summed E-state index contributed by atoms with van der Waals surface area (Å²) in [6, 6.07) is 1.82. The molecule has 0 spiro atoms. The van der Waals surface area contributed by atoms with Gasteiger partial charge in [-0.3, -0.25) is 0 Å². The Morgan fingerprint density at radius 3 is 2.94 bits per heavy atom. The summed E-state index contributed by atoms with van der Waals surface area (Å²) >= 11 is 9.09. The summed E-state index contributed by atoms with van der Waals surface area (Å²) in [5.41, 5.74) is 6.46. The molecule has 0 saturated carbocycles. The van der Waals surface area contributed by atoms with E-state index in [9.17, 15) is 0 Å². The smallest absolute Gasteiger partial charge is 0.180 e. The molecule has 0 aromatic carbocycles. The van der Waals surface area contributed by atoms with Crippen molar-refractivity contribution in [2.75, 3.05) is 0 Å². The van der Waals surface area contributed by atoms with Gasteiger partial charge in [0.2, 0.25) is 0 Å². The predicted molar refractivity (Wildman–Crippen MR) is 65.9 cm³/mol. The van der Waals surface area contributed by atoms with Gasteiger partial charge in [0.15, 0.2) is 4.34 Å². The summed E-state index contributed by atoms with van der Waals surface area (Å²) < 4.78 is 0.834. The van der Waals surface area contributed by atoms with Crippen LogP contribution in [-0.4, -0.2) is 15.2 Å². The molecule has 0 aliphatic carbocycles. The predicted octanol–water partition coefficient (Wildman–Crippen LogP) is 2.50. The monoisotopic (exact) mass is 272 g/mol. The van der Waals surface area contributed by atoms with Crippen LogP contribution in [0.3, 0.4) is 0 Å². The Labute approximate surface area is 106 Å². The van der Waals surface area contributed by atoms with Gasteiger partial charge >= 0.3 is 0 Å². The summed E-state index contributed by atoms with van der Waals surface area (Å²) in [7, 11) is 0. The van der Waals surface area contributed by atoms with Gasteiger partial charge in [0, 0.05) is 12.7 Å². The molecule has 16 heavy (non-hydrogen) atoms. The van der Waals surface area contributed by atoms with E-state index in [4.69, 9.17) is 17.3 Å². The molecule has 4 nitrogen and oxygen atoms in total. The molecule has 0 unspecified atom stereocenters. The number of nitrogens with two attached hydrogens (primary N) is 1. The van der Waals surface area contributed by atoms with Crippen molar-refractivity contribution < 1.29 is 0 Å². The van der Waals surface area contributed by atoms with E-state index in [2.05, 4.69) is 15.2 Å². The third-order valence-electron chi connectivity index (χ3n) is 1.85. The van der Waals surface area contributed by atoms with Crippen LogP contribution in [0.1, 0.15) is 10.6 Å². The number of rotatable bonds is 3. The first-order valence-corrected chi connectivity index (χ1v) is 6.53. The van der Waals surface area contributed by atoms with Crippen molar-refractivity contribution in [1.82, 2.24) is 15.2 Å². The van der Waals surface area contributed by atoms with Gasteiger partial charge in [-0.1, -0.05) is 22.9 Å². The van der Waals surface area contributed by atoms with Crippen molar-refractivity contribution in [3.05, 3.63) is 27.9 Å². The molecule has 0 radical (unpaired) electrons. The number of hydrogen-bond acceptors (Lipinski definition) is 6. The number of aryl methyl sites for hydroxylation is 1. The minimum Gasteiger partial charge on any atom is -0.326 e. The first kappa shape index (κ1) is 11.8. The van der Waals surface area contributed by atoms with Crippen LogP contribution in [-0.2, 0) is 6.54 Å². The highest BCUT2D eigenvalue weighted by atomic mass is 35.5. The van der Waals surface area contributed by atoms with Gasteiger partial charge in [0.05, 0.1) is 5.02 Å². The highest BCUT2D eigenvalue weighted by Crippen LogP contribution is 2.34. The zero-order chi connectivity index (χ0) is 11.5. The number of pyridine rings is 1. The Bertz CT molecular complexity index is 500. The zero-order valence-electron chi connectivity index (χ0n) is 8.48. The SMILES string of the molecule is Cc1nnc(Sc2nccc(CN)c2Cl)s1. The fraction of sp³-hybridized carbons (Fsp3) is 0.222. The van der Waals surface area contributed by atoms with Gasteiger partial charge in [-0.15, -0.1) is 10.2 Å².